The molecular formula is C23H21N7O2. The normalized spacial score (nSPS) is 11.6. The summed E-state index contributed by atoms with van der Waals surface area (Å²) >= 11 is 0. The van der Waals surface area contributed by atoms with Gasteiger partial charge in [-0.3, -0.25) is 9.55 Å². The number of ether oxygens (including phenoxy) is 1. The molecule has 160 valence electrons. The highest BCUT2D eigenvalue weighted by atomic mass is 16.6. The highest BCUT2D eigenvalue weighted by Gasteiger charge is 2.19. The summed E-state index contributed by atoms with van der Waals surface area (Å²) in [6.45, 7) is 4.26. The molecule has 0 saturated heterocycles. The van der Waals surface area contributed by atoms with Gasteiger partial charge >= 0.3 is 0 Å². The van der Waals surface area contributed by atoms with E-state index in [2.05, 4.69) is 43.6 Å². The topological polar surface area (TPSA) is 91.7 Å². The van der Waals surface area contributed by atoms with Crippen LogP contribution in [-0.4, -0.2) is 42.5 Å². The van der Waals surface area contributed by atoms with Crippen molar-refractivity contribution in [3.63, 3.8) is 0 Å². The van der Waals surface area contributed by atoms with Crippen LogP contribution in [-0.2, 0) is 11.4 Å². The minimum Gasteiger partial charge on any atom is -0.496 e. The molecule has 1 aromatic carbocycles. The van der Waals surface area contributed by atoms with Gasteiger partial charge in [0.1, 0.15) is 12.1 Å². The van der Waals surface area contributed by atoms with Crippen LogP contribution in [0.2, 0.25) is 0 Å². The molecule has 0 amide bonds. The Balaban J connectivity index is 1.45. The Morgan fingerprint density at radius 3 is 2.78 bits per heavy atom. The molecule has 4 heterocycles. The Bertz CT molecular complexity index is 1440. The van der Waals surface area contributed by atoms with Crippen molar-refractivity contribution in [1.29, 1.82) is 0 Å². The van der Waals surface area contributed by atoms with E-state index >= 15 is 0 Å². The number of rotatable bonds is 6. The van der Waals surface area contributed by atoms with E-state index in [0.717, 1.165) is 44.9 Å². The molecule has 4 aromatic heterocycles. The molecule has 0 aliphatic carbocycles. The number of nitrogens with zero attached hydrogens (tertiary/aromatic N) is 7. The Morgan fingerprint density at radius 1 is 1.09 bits per heavy atom. The summed E-state index contributed by atoms with van der Waals surface area (Å²) in [5.74, 6) is 1.24. The molecule has 5 rings (SSSR count). The predicted molar refractivity (Wildman–Crippen MR) is 120 cm³/mol. The summed E-state index contributed by atoms with van der Waals surface area (Å²) in [4.78, 5) is 19.0. The second-order valence-electron chi connectivity index (χ2n) is 7.25. The molecule has 0 N–H and O–H groups in total. The maximum Gasteiger partial charge on any atom is 0.192 e. The van der Waals surface area contributed by atoms with Crippen LogP contribution in [0.1, 0.15) is 22.6 Å². The van der Waals surface area contributed by atoms with Crippen molar-refractivity contribution < 1.29 is 9.57 Å². The lowest BCUT2D eigenvalue weighted by Crippen LogP contribution is -1.99. The molecule has 9 nitrogen and oxygen atoms in total. The lowest BCUT2D eigenvalue weighted by Gasteiger charge is -2.06. The van der Waals surface area contributed by atoms with Gasteiger partial charge < -0.3 is 9.57 Å². The SMILES string of the molecule is COc1ccccc1C=NOCc1nc2c3c(C)c(C)n(-c4cccnc4)c3ncn2n1. The van der Waals surface area contributed by atoms with Gasteiger partial charge in [0.15, 0.2) is 23.7 Å². The third kappa shape index (κ3) is 3.33. The van der Waals surface area contributed by atoms with Gasteiger partial charge in [-0.2, -0.15) is 0 Å². The first kappa shape index (κ1) is 19.7. The van der Waals surface area contributed by atoms with Crippen molar-refractivity contribution in [2.45, 2.75) is 20.5 Å². The molecule has 0 aliphatic heterocycles. The second kappa shape index (κ2) is 8.10. The highest BCUT2D eigenvalue weighted by Crippen LogP contribution is 2.29. The van der Waals surface area contributed by atoms with E-state index in [-0.39, 0.29) is 6.61 Å². The van der Waals surface area contributed by atoms with Crippen LogP contribution < -0.4 is 4.74 Å². The smallest absolute Gasteiger partial charge is 0.192 e. The zero-order valence-corrected chi connectivity index (χ0v) is 17.9. The maximum absolute atomic E-state index is 5.43. The number of aryl methyl sites for hydroxylation is 1. The van der Waals surface area contributed by atoms with Gasteiger partial charge in [-0.15, -0.1) is 5.10 Å². The third-order valence-electron chi connectivity index (χ3n) is 5.38. The van der Waals surface area contributed by atoms with E-state index in [1.807, 2.05) is 42.6 Å². The molecule has 0 unspecified atom stereocenters. The number of benzene rings is 1. The number of fused-ring (bicyclic) bond motifs is 3. The minimum absolute atomic E-state index is 0.135. The zero-order chi connectivity index (χ0) is 22.1. The summed E-state index contributed by atoms with van der Waals surface area (Å²) in [6.07, 6.45) is 6.85. The average molecular weight is 427 g/mol. The molecule has 0 bridgehead atoms. The van der Waals surface area contributed by atoms with Crippen molar-refractivity contribution in [2.24, 2.45) is 5.16 Å². The Hall–Kier alpha value is -4.27. The van der Waals surface area contributed by atoms with E-state index in [0.29, 0.717) is 5.82 Å². The fraction of sp³-hybridized carbons (Fsp3) is 0.174. The highest BCUT2D eigenvalue weighted by molar-refractivity contribution is 5.94. The van der Waals surface area contributed by atoms with Gasteiger partial charge in [-0.25, -0.2) is 14.5 Å². The number of oxime groups is 1. The second-order valence-corrected chi connectivity index (χ2v) is 7.25. The van der Waals surface area contributed by atoms with E-state index in [9.17, 15) is 0 Å². The molecule has 0 saturated carbocycles. The Kier molecular flexibility index (Phi) is 4.98. The maximum atomic E-state index is 5.43. The molecule has 32 heavy (non-hydrogen) atoms. The van der Waals surface area contributed by atoms with Gasteiger partial charge in [-0.1, -0.05) is 17.3 Å². The standard InChI is InChI=1S/C23H21N7O2/c1-15-16(2)30(18-8-6-10-24-12-18)22-21(15)23-27-20(28-29(23)14-25-22)13-32-26-11-17-7-4-5-9-19(17)31-3/h4-12,14H,13H2,1-3H3. The number of hydrogen-bond donors (Lipinski definition) is 0. The summed E-state index contributed by atoms with van der Waals surface area (Å²) in [7, 11) is 1.62. The van der Waals surface area contributed by atoms with Gasteiger partial charge in [0, 0.05) is 17.5 Å². The van der Waals surface area contributed by atoms with Crippen LogP contribution in [0.25, 0.3) is 22.4 Å². The molecule has 0 radical (unpaired) electrons. The van der Waals surface area contributed by atoms with E-state index in [4.69, 9.17) is 9.57 Å². The number of methoxy groups -OCH3 is 1. The van der Waals surface area contributed by atoms with Crippen LogP contribution in [0.3, 0.4) is 0 Å². The quantitative estimate of drug-likeness (QED) is 0.303. The van der Waals surface area contributed by atoms with E-state index in [1.165, 1.54) is 0 Å². The zero-order valence-electron chi connectivity index (χ0n) is 17.9. The van der Waals surface area contributed by atoms with Crippen molar-refractivity contribution in [2.75, 3.05) is 7.11 Å². The van der Waals surface area contributed by atoms with Gasteiger partial charge in [0.25, 0.3) is 0 Å². The fourth-order valence-electron chi connectivity index (χ4n) is 3.73. The Labute approximate surface area is 184 Å². The van der Waals surface area contributed by atoms with Gasteiger partial charge in [0.2, 0.25) is 0 Å². The minimum atomic E-state index is 0.135. The molecule has 0 aliphatic rings. The van der Waals surface area contributed by atoms with Crippen molar-refractivity contribution in [3.05, 3.63) is 77.8 Å². The van der Waals surface area contributed by atoms with Gasteiger partial charge in [-0.05, 0) is 43.7 Å². The number of pyridine rings is 1. The monoisotopic (exact) mass is 427 g/mol. The summed E-state index contributed by atoms with van der Waals surface area (Å²) in [5.41, 5.74) is 5.49. The number of para-hydroxylation sites is 1. The van der Waals surface area contributed by atoms with E-state index < -0.39 is 0 Å². The van der Waals surface area contributed by atoms with Crippen LogP contribution in [0.5, 0.6) is 5.75 Å². The van der Waals surface area contributed by atoms with Crippen molar-refractivity contribution >= 4 is 22.9 Å². The van der Waals surface area contributed by atoms with Crippen LogP contribution in [0, 0.1) is 13.8 Å². The van der Waals surface area contributed by atoms with Crippen molar-refractivity contribution in [1.82, 2.24) is 29.1 Å². The van der Waals surface area contributed by atoms with Crippen LogP contribution >= 0.6 is 0 Å². The lowest BCUT2D eigenvalue weighted by molar-refractivity contribution is 0.126. The molecule has 9 heteroatoms. The molecule has 0 fully saturated rings. The predicted octanol–water partition coefficient (Wildman–Crippen LogP) is 3.64. The molecule has 5 aromatic rings. The van der Waals surface area contributed by atoms with Crippen LogP contribution in [0.15, 0.2) is 60.3 Å². The van der Waals surface area contributed by atoms with Crippen molar-refractivity contribution in [3.8, 4) is 11.4 Å². The fourth-order valence-corrected chi connectivity index (χ4v) is 3.73. The third-order valence-corrected chi connectivity index (χ3v) is 5.38. The Morgan fingerprint density at radius 2 is 1.97 bits per heavy atom. The first-order chi connectivity index (χ1) is 15.7. The summed E-state index contributed by atoms with van der Waals surface area (Å²) in [6, 6.07) is 11.5. The molecule has 0 atom stereocenters. The first-order valence-corrected chi connectivity index (χ1v) is 10.1. The van der Waals surface area contributed by atoms with Crippen LogP contribution in [0.4, 0.5) is 0 Å². The lowest BCUT2D eigenvalue weighted by atomic mass is 10.2. The average Bonchev–Trinajstić information content (AvgIpc) is 3.35. The molecule has 0 spiro atoms. The summed E-state index contributed by atoms with van der Waals surface area (Å²) in [5, 5.41) is 9.47. The largest absolute Gasteiger partial charge is 0.496 e. The summed E-state index contributed by atoms with van der Waals surface area (Å²) < 4.78 is 9.06. The van der Waals surface area contributed by atoms with E-state index in [1.54, 1.807) is 30.4 Å². The molecular weight excluding hydrogens is 406 g/mol. The number of aromatic nitrogens is 6. The first-order valence-electron chi connectivity index (χ1n) is 10.1. The number of hydrogen-bond acceptors (Lipinski definition) is 7. The van der Waals surface area contributed by atoms with Gasteiger partial charge in [0.05, 0.1) is 30.6 Å².